The molecule has 0 spiro atoms. The third-order valence-electron chi connectivity index (χ3n) is 3.76. The molecule has 0 saturated carbocycles. The highest BCUT2D eigenvalue weighted by molar-refractivity contribution is 7.91. The van der Waals surface area contributed by atoms with Crippen LogP contribution in [0, 0.1) is 6.92 Å². The zero-order valence-electron chi connectivity index (χ0n) is 12.0. The highest BCUT2D eigenvalue weighted by atomic mass is 32.2. The van der Waals surface area contributed by atoms with Crippen LogP contribution in [0.15, 0.2) is 23.1 Å². The Morgan fingerprint density at radius 1 is 1.43 bits per heavy atom. The molecular formula is C15H20O5S. The largest absolute Gasteiger partial charge is 0.478 e. The fraction of sp³-hybridized carbons (Fsp3) is 0.533. The lowest BCUT2D eigenvalue weighted by Gasteiger charge is -2.10. The molecule has 0 aliphatic carbocycles. The van der Waals surface area contributed by atoms with E-state index >= 15 is 0 Å². The van der Waals surface area contributed by atoms with Crippen molar-refractivity contribution in [2.75, 3.05) is 12.4 Å². The van der Waals surface area contributed by atoms with Gasteiger partial charge in [0.05, 0.1) is 22.3 Å². The van der Waals surface area contributed by atoms with Crippen LogP contribution >= 0.6 is 0 Å². The second-order valence-electron chi connectivity index (χ2n) is 5.38. The number of ether oxygens (including phenoxy) is 1. The molecule has 1 aliphatic heterocycles. The Balaban J connectivity index is 2.04. The Hall–Kier alpha value is -1.40. The molecule has 21 heavy (non-hydrogen) atoms. The van der Waals surface area contributed by atoms with Crippen LogP contribution in [-0.2, 0) is 14.6 Å². The Kier molecular flexibility index (Phi) is 5.00. The van der Waals surface area contributed by atoms with Crippen LogP contribution in [0.5, 0.6) is 0 Å². The zero-order valence-corrected chi connectivity index (χ0v) is 12.9. The maximum absolute atomic E-state index is 12.3. The standard InChI is InChI=1S/C15H20O5S/c1-11-6-7-13(10-14(11)15(16)17)21(18,19)9-3-5-12-4-2-8-20-12/h6-7,10,12H,2-5,8-9H2,1H3,(H,16,17). The van der Waals surface area contributed by atoms with Crippen molar-refractivity contribution in [3.63, 3.8) is 0 Å². The van der Waals surface area contributed by atoms with Crippen LogP contribution in [0.2, 0.25) is 0 Å². The van der Waals surface area contributed by atoms with Crippen LogP contribution < -0.4 is 0 Å². The predicted molar refractivity (Wildman–Crippen MR) is 78.4 cm³/mol. The molecule has 5 nitrogen and oxygen atoms in total. The fourth-order valence-electron chi connectivity index (χ4n) is 2.52. The van der Waals surface area contributed by atoms with E-state index in [1.54, 1.807) is 6.92 Å². The molecule has 1 aromatic rings. The molecule has 1 saturated heterocycles. The van der Waals surface area contributed by atoms with Gasteiger partial charge in [-0.25, -0.2) is 13.2 Å². The van der Waals surface area contributed by atoms with Crippen LogP contribution in [0.1, 0.15) is 41.6 Å². The maximum Gasteiger partial charge on any atom is 0.335 e. The second-order valence-corrected chi connectivity index (χ2v) is 7.49. The van der Waals surface area contributed by atoms with Crippen LogP contribution in [-0.4, -0.2) is 38.0 Å². The van der Waals surface area contributed by atoms with Gasteiger partial charge in [-0.3, -0.25) is 0 Å². The van der Waals surface area contributed by atoms with Crippen molar-refractivity contribution >= 4 is 15.8 Å². The number of hydrogen-bond donors (Lipinski definition) is 1. The number of carbonyl (C=O) groups is 1. The number of carboxylic acids is 1. The van der Waals surface area contributed by atoms with Crippen LogP contribution in [0.3, 0.4) is 0 Å². The van der Waals surface area contributed by atoms with E-state index in [-0.39, 0.29) is 22.3 Å². The Labute approximate surface area is 124 Å². The Morgan fingerprint density at radius 2 is 2.19 bits per heavy atom. The molecule has 1 unspecified atom stereocenters. The van der Waals surface area contributed by atoms with Crippen molar-refractivity contribution in [1.82, 2.24) is 0 Å². The number of benzene rings is 1. The molecule has 6 heteroatoms. The average molecular weight is 312 g/mol. The molecule has 0 bridgehead atoms. The summed E-state index contributed by atoms with van der Waals surface area (Å²) in [5.41, 5.74) is 0.594. The van der Waals surface area contributed by atoms with Gasteiger partial charge in [-0.2, -0.15) is 0 Å². The molecule has 116 valence electrons. The van der Waals surface area contributed by atoms with Gasteiger partial charge in [-0.15, -0.1) is 0 Å². The lowest BCUT2D eigenvalue weighted by molar-refractivity contribution is 0.0696. The highest BCUT2D eigenvalue weighted by Gasteiger charge is 2.20. The third-order valence-corrected chi connectivity index (χ3v) is 5.56. The molecule has 0 radical (unpaired) electrons. The van der Waals surface area contributed by atoms with Gasteiger partial charge in [0.15, 0.2) is 9.84 Å². The van der Waals surface area contributed by atoms with Gasteiger partial charge < -0.3 is 9.84 Å². The van der Waals surface area contributed by atoms with Crippen molar-refractivity contribution in [3.8, 4) is 0 Å². The minimum atomic E-state index is -3.44. The highest BCUT2D eigenvalue weighted by Crippen LogP contribution is 2.21. The number of sulfone groups is 1. The van der Waals surface area contributed by atoms with Crippen LogP contribution in [0.25, 0.3) is 0 Å². The van der Waals surface area contributed by atoms with Gasteiger partial charge in [0, 0.05) is 6.61 Å². The van der Waals surface area contributed by atoms with E-state index in [1.165, 1.54) is 18.2 Å². The first-order chi connectivity index (χ1) is 9.90. The summed E-state index contributed by atoms with van der Waals surface area (Å²) in [5.74, 6) is -1.08. The summed E-state index contributed by atoms with van der Waals surface area (Å²) < 4.78 is 30.0. The van der Waals surface area contributed by atoms with Crippen molar-refractivity contribution in [1.29, 1.82) is 0 Å². The minimum absolute atomic E-state index is 0.0228. The van der Waals surface area contributed by atoms with Gasteiger partial charge in [-0.05, 0) is 50.3 Å². The maximum atomic E-state index is 12.3. The lowest BCUT2D eigenvalue weighted by Crippen LogP contribution is -2.12. The Bertz CT molecular complexity index is 615. The van der Waals surface area contributed by atoms with Crippen molar-refractivity contribution in [2.24, 2.45) is 0 Å². The van der Waals surface area contributed by atoms with Crippen LogP contribution in [0.4, 0.5) is 0 Å². The predicted octanol–water partition coefficient (Wildman–Crippen LogP) is 2.43. The number of aryl methyl sites for hydroxylation is 1. The summed E-state index contributed by atoms with van der Waals surface area (Å²) in [6.45, 7) is 2.41. The second kappa shape index (κ2) is 6.58. The van der Waals surface area contributed by atoms with E-state index < -0.39 is 15.8 Å². The van der Waals surface area contributed by atoms with E-state index in [9.17, 15) is 13.2 Å². The SMILES string of the molecule is Cc1ccc(S(=O)(=O)CCCC2CCCO2)cc1C(=O)O. The van der Waals surface area contributed by atoms with E-state index in [4.69, 9.17) is 9.84 Å². The van der Waals surface area contributed by atoms with Gasteiger partial charge in [0.1, 0.15) is 0 Å². The monoisotopic (exact) mass is 312 g/mol. The summed E-state index contributed by atoms with van der Waals surface area (Å²) in [7, 11) is -3.44. The minimum Gasteiger partial charge on any atom is -0.478 e. The summed E-state index contributed by atoms with van der Waals surface area (Å²) in [6, 6.07) is 4.26. The number of hydrogen-bond acceptors (Lipinski definition) is 4. The summed E-state index contributed by atoms with van der Waals surface area (Å²) in [4.78, 5) is 11.2. The normalized spacial score (nSPS) is 18.8. The lowest BCUT2D eigenvalue weighted by atomic mass is 10.1. The first kappa shape index (κ1) is 16.0. The Morgan fingerprint density at radius 3 is 2.81 bits per heavy atom. The summed E-state index contributed by atoms with van der Waals surface area (Å²) in [5, 5.41) is 9.06. The molecular weight excluding hydrogens is 292 g/mol. The number of carboxylic acid groups (broad SMARTS) is 1. The van der Waals surface area contributed by atoms with E-state index in [0.717, 1.165) is 25.9 Å². The van der Waals surface area contributed by atoms with E-state index in [2.05, 4.69) is 0 Å². The van der Waals surface area contributed by atoms with E-state index in [0.29, 0.717) is 12.0 Å². The number of aromatic carboxylic acids is 1. The molecule has 1 aromatic carbocycles. The quantitative estimate of drug-likeness (QED) is 0.872. The molecule has 2 rings (SSSR count). The number of rotatable bonds is 6. The smallest absolute Gasteiger partial charge is 0.335 e. The topological polar surface area (TPSA) is 80.7 Å². The van der Waals surface area contributed by atoms with Crippen molar-refractivity contribution in [3.05, 3.63) is 29.3 Å². The van der Waals surface area contributed by atoms with Gasteiger partial charge in [0.2, 0.25) is 0 Å². The van der Waals surface area contributed by atoms with Gasteiger partial charge in [0.25, 0.3) is 0 Å². The average Bonchev–Trinajstić information content (AvgIpc) is 2.91. The zero-order chi connectivity index (χ0) is 15.5. The molecule has 0 amide bonds. The molecule has 0 aromatic heterocycles. The first-order valence-electron chi connectivity index (χ1n) is 7.08. The van der Waals surface area contributed by atoms with Gasteiger partial charge >= 0.3 is 5.97 Å². The van der Waals surface area contributed by atoms with Crippen molar-refractivity contribution < 1.29 is 23.1 Å². The fourth-order valence-corrected chi connectivity index (χ4v) is 3.87. The molecule has 1 N–H and O–H groups in total. The first-order valence-corrected chi connectivity index (χ1v) is 8.74. The third kappa shape index (κ3) is 4.04. The summed E-state index contributed by atoms with van der Waals surface area (Å²) in [6.07, 6.45) is 3.47. The molecule has 1 fully saturated rings. The molecule has 1 atom stereocenters. The molecule has 1 heterocycles. The van der Waals surface area contributed by atoms with Crippen molar-refractivity contribution in [2.45, 2.75) is 43.6 Å². The van der Waals surface area contributed by atoms with Gasteiger partial charge in [-0.1, -0.05) is 6.07 Å². The summed E-state index contributed by atoms with van der Waals surface area (Å²) >= 11 is 0. The molecule has 1 aliphatic rings. The van der Waals surface area contributed by atoms with E-state index in [1.807, 2.05) is 0 Å².